The van der Waals surface area contributed by atoms with E-state index >= 15 is 0 Å². The fraction of sp³-hybridized carbons (Fsp3) is 0.258. The largest absolute Gasteiger partial charge is 0.507 e. The third-order valence-electron chi connectivity index (χ3n) is 7.13. The van der Waals surface area contributed by atoms with Crippen LogP contribution in [-0.2, 0) is 0 Å². The summed E-state index contributed by atoms with van der Waals surface area (Å²) in [6.45, 7) is 2.74. The van der Waals surface area contributed by atoms with Crippen LogP contribution in [0.1, 0.15) is 28.3 Å². The highest BCUT2D eigenvalue weighted by molar-refractivity contribution is 5.93. The van der Waals surface area contributed by atoms with E-state index in [-0.39, 0.29) is 29.7 Å². The lowest BCUT2D eigenvalue weighted by molar-refractivity contribution is 0.0953. The Balaban J connectivity index is 1.28. The van der Waals surface area contributed by atoms with Crippen molar-refractivity contribution in [2.45, 2.75) is 6.42 Å². The van der Waals surface area contributed by atoms with Gasteiger partial charge in [-0.25, -0.2) is 19.5 Å². The second-order valence-corrected chi connectivity index (χ2v) is 10.5. The maximum absolute atomic E-state index is 12.6. The maximum Gasteiger partial charge on any atom is 0.272 e. The molecule has 14 nitrogen and oxygen atoms in total. The molecule has 0 unspecified atom stereocenters. The second-order valence-electron chi connectivity index (χ2n) is 10.5. The van der Waals surface area contributed by atoms with Gasteiger partial charge < -0.3 is 42.3 Å². The zero-order valence-corrected chi connectivity index (χ0v) is 25.2. The van der Waals surface area contributed by atoms with E-state index in [2.05, 4.69) is 42.0 Å². The number of para-hydroxylation sites is 1. The first-order valence-electron chi connectivity index (χ1n) is 14.3. The van der Waals surface area contributed by atoms with Gasteiger partial charge in [-0.05, 0) is 36.6 Å². The van der Waals surface area contributed by atoms with Gasteiger partial charge in [0.05, 0.1) is 12.2 Å². The van der Waals surface area contributed by atoms with Gasteiger partial charge in [0.2, 0.25) is 5.82 Å². The number of benzene rings is 1. The summed E-state index contributed by atoms with van der Waals surface area (Å²) in [6.07, 6.45) is 5.86. The Morgan fingerprint density at radius 1 is 1.09 bits per heavy atom. The molecule has 1 aliphatic heterocycles. The highest BCUT2D eigenvalue weighted by Gasteiger charge is 2.20. The smallest absolute Gasteiger partial charge is 0.272 e. The van der Waals surface area contributed by atoms with Crippen molar-refractivity contribution in [2.24, 2.45) is 17.2 Å². The first kappa shape index (κ1) is 30.5. The van der Waals surface area contributed by atoms with E-state index in [9.17, 15) is 9.90 Å². The number of hydrogen-bond acceptors (Lipinski definition) is 12. The number of nitrogens with zero attached hydrogens (tertiary/aromatic N) is 8. The Bertz CT molecular complexity index is 1780. The molecule has 3 aromatic heterocycles. The second kappa shape index (κ2) is 13.6. The third-order valence-corrected chi connectivity index (χ3v) is 7.13. The molecule has 8 N–H and O–H groups in total. The fourth-order valence-electron chi connectivity index (χ4n) is 4.84. The van der Waals surface area contributed by atoms with Gasteiger partial charge in [-0.3, -0.25) is 4.79 Å². The monoisotopic (exact) mass is 608 g/mol. The summed E-state index contributed by atoms with van der Waals surface area (Å²) in [6, 6.07) is 12.1. The number of aromatic nitrogens is 5. The summed E-state index contributed by atoms with van der Waals surface area (Å²) < 4.78 is 1.54. The summed E-state index contributed by atoms with van der Waals surface area (Å²) >= 11 is 0. The first-order valence-corrected chi connectivity index (χ1v) is 14.3. The molecule has 232 valence electrons. The van der Waals surface area contributed by atoms with E-state index in [4.69, 9.17) is 22.2 Å². The molecule has 0 radical (unpaired) electrons. The zero-order chi connectivity index (χ0) is 31.9. The Labute approximate surface area is 260 Å². The third kappa shape index (κ3) is 7.34. The summed E-state index contributed by atoms with van der Waals surface area (Å²) in [7, 11) is 3.81. The molecular formula is C31H36N12O2. The van der Waals surface area contributed by atoms with Crippen molar-refractivity contribution < 1.29 is 9.90 Å². The van der Waals surface area contributed by atoms with Crippen molar-refractivity contribution in [3.63, 3.8) is 0 Å². The van der Waals surface area contributed by atoms with Gasteiger partial charge in [-0.1, -0.05) is 18.1 Å². The van der Waals surface area contributed by atoms with E-state index in [1.165, 1.54) is 4.52 Å². The number of phenolic OH excluding ortho intramolecular Hbond substituents is 1. The number of fused-ring (bicyclic) bond motifs is 1. The number of allylic oxidation sites excluding steroid dienone is 1. The van der Waals surface area contributed by atoms with E-state index in [0.29, 0.717) is 53.9 Å². The molecule has 14 heteroatoms. The number of nitrogens with one attached hydrogen (secondary N) is 1. The Morgan fingerprint density at radius 3 is 2.67 bits per heavy atom. The number of hydrogen-bond donors (Lipinski definition) is 5. The number of anilines is 2. The van der Waals surface area contributed by atoms with Crippen LogP contribution >= 0.6 is 0 Å². The lowest BCUT2D eigenvalue weighted by Gasteiger charge is -2.26. The molecule has 1 aliphatic rings. The molecule has 5 rings (SSSR count). The zero-order valence-electron chi connectivity index (χ0n) is 25.2. The van der Waals surface area contributed by atoms with Crippen molar-refractivity contribution in [2.75, 3.05) is 56.6 Å². The van der Waals surface area contributed by atoms with Crippen LogP contribution in [0.4, 0.5) is 11.6 Å². The molecule has 0 atom stereocenters. The van der Waals surface area contributed by atoms with Crippen LogP contribution in [0.2, 0.25) is 0 Å². The van der Waals surface area contributed by atoms with Crippen molar-refractivity contribution in [3.8, 4) is 17.6 Å². The fourth-order valence-corrected chi connectivity index (χ4v) is 4.84. The summed E-state index contributed by atoms with van der Waals surface area (Å²) in [4.78, 5) is 32.2. The van der Waals surface area contributed by atoms with Crippen LogP contribution in [0.5, 0.6) is 5.75 Å². The number of carbonyl (C=O) groups excluding carboxylic acids is 1. The number of nitrogens with two attached hydrogens (primary N) is 3. The van der Waals surface area contributed by atoms with Crippen molar-refractivity contribution in [1.29, 1.82) is 0 Å². The minimum absolute atomic E-state index is 0.0781. The number of aromatic hydroxyl groups is 1. The molecule has 4 heterocycles. The molecule has 1 fully saturated rings. The average Bonchev–Trinajstić information content (AvgIpc) is 3.32. The van der Waals surface area contributed by atoms with Gasteiger partial charge >= 0.3 is 0 Å². The van der Waals surface area contributed by atoms with Crippen molar-refractivity contribution >= 4 is 28.9 Å². The minimum Gasteiger partial charge on any atom is -0.507 e. The summed E-state index contributed by atoms with van der Waals surface area (Å²) in [5.41, 5.74) is 20.8. The molecular weight excluding hydrogens is 572 g/mol. The van der Waals surface area contributed by atoms with Crippen molar-refractivity contribution in [1.82, 2.24) is 34.8 Å². The van der Waals surface area contributed by atoms with Crippen LogP contribution in [-0.4, -0.2) is 87.3 Å². The molecule has 1 amide bonds. The van der Waals surface area contributed by atoms with E-state index in [1.807, 2.05) is 25.1 Å². The highest BCUT2D eigenvalue weighted by atomic mass is 16.3. The molecule has 4 aromatic rings. The van der Waals surface area contributed by atoms with Crippen LogP contribution in [0.25, 0.3) is 11.3 Å². The van der Waals surface area contributed by atoms with Crippen LogP contribution in [0.3, 0.4) is 0 Å². The number of amides is 1. The Morgan fingerprint density at radius 2 is 1.91 bits per heavy atom. The Kier molecular flexibility index (Phi) is 9.18. The Hall–Kier alpha value is -5.97. The summed E-state index contributed by atoms with van der Waals surface area (Å²) in [5, 5.41) is 17.2. The van der Waals surface area contributed by atoms with Crippen LogP contribution < -0.4 is 32.3 Å². The number of carbonyl (C=O) groups is 1. The minimum atomic E-state index is -0.351. The van der Waals surface area contributed by atoms with Gasteiger partial charge in [-0.15, -0.1) is 0 Å². The highest BCUT2D eigenvalue weighted by Crippen LogP contribution is 2.25. The SMILES string of the molecule is CN(C)c1cc(N2CCCN(C(/C=C(\N)c3ccccc3O)=C(N)N)CC2)nc(C#CCNC(=O)c2cc3ncccn3n2)n1. The molecule has 0 saturated carbocycles. The van der Waals surface area contributed by atoms with Gasteiger partial charge in [0.1, 0.15) is 23.2 Å². The van der Waals surface area contributed by atoms with E-state index < -0.39 is 0 Å². The predicted molar refractivity (Wildman–Crippen MR) is 173 cm³/mol. The molecule has 1 saturated heterocycles. The topological polar surface area (TPSA) is 193 Å². The maximum atomic E-state index is 12.6. The van der Waals surface area contributed by atoms with Crippen molar-refractivity contribution in [3.05, 3.63) is 89.5 Å². The van der Waals surface area contributed by atoms with E-state index in [1.54, 1.807) is 54.9 Å². The quantitative estimate of drug-likeness (QED) is 0.146. The lowest BCUT2D eigenvalue weighted by atomic mass is 10.1. The number of phenols is 1. The molecule has 45 heavy (non-hydrogen) atoms. The van der Waals surface area contributed by atoms with Gasteiger partial charge in [0, 0.05) is 76.1 Å². The number of rotatable bonds is 7. The first-order chi connectivity index (χ1) is 21.7. The van der Waals surface area contributed by atoms with Gasteiger partial charge in [-0.2, -0.15) is 5.10 Å². The van der Waals surface area contributed by atoms with Crippen LogP contribution in [0, 0.1) is 11.8 Å². The van der Waals surface area contributed by atoms with Gasteiger partial charge in [0.25, 0.3) is 5.91 Å². The van der Waals surface area contributed by atoms with Crippen LogP contribution in [0.15, 0.2) is 72.5 Å². The van der Waals surface area contributed by atoms with Gasteiger partial charge in [0.15, 0.2) is 11.3 Å². The average molecular weight is 609 g/mol. The molecule has 0 bridgehead atoms. The summed E-state index contributed by atoms with van der Waals surface area (Å²) in [5.74, 6) is 7.57. The van der Waals surface area contributed by atoms with E-state index in [0.717, 1.165) is 18.8 Å². The predicted octanol–water partition coefficient (Wildman–Crippen LogP) is 0.671. The lowest BCUT2D eigenvalue weighted by Crippen LogP contribution is -2.33. The molecule has 0 spiro atoms. The molecule has 1 aromatic carbocycles. The normalized spacial score (nSPS) is 13.5. The molecule has 0 aliphatic carbocycles. The standard InChI is InChI=1S/C31H36N12O2/c1-40(2)28-20-29(38-26(37-28)10-5-11-36-31(45)23-19-27-35-12-6-15-43(27)39-23)42-14-7-13-41(16-17-42)24(30(33)34)18-22(32)21-8-3-4-9-25(21)44/h3-4,6,8-9,12,15,18-20,44H,7,11,13-14,16-17,32-34H2,1-2H3,(H,36,45)/b22-18-.